The van der Waals surface area contributed by atoms with Crippen molar-refractivity contribution in [2.24, 2.45) is 5.73 Å². The Morgan fingerprint density at radius 1 is 1.45 bits per heavy atom. The topological polar surface area (TPSA) is 116 Å². The Kier molecular flexibility index (Phi) is 2.15. The van der Waals surface area contributed by atoms with Crippen LogP contribution < -0.4 is 5.73 Å². The lowest BCUT2D eigenvalue weighted by molar-refractivity contribution is -0.132. The molecule has 1 fully saturated rings. The molecule has 0 aromatic heterocycles. The molecule has 1 saturated heterocycles. The van der Waals surface area contributed by atoms with Gasteiger partial charge in [0.1, 0.15) is 12.2 Å². The van der Waals surface area contributed by atoms with Crippen LogP contribution in [0.25, 0.3) is 0 Å². The molecule has 1 aliphatic rings. The average Bonchev–Trinajstić information content (AvgIpc) is 2.13. The minimum absolute atomic E-state index is 0.554. The second-order valence-corrected chi connectivity index (χ2v) is 2.53. The molecule has 11 heavy (non-hydrogen) atoms. The van der Waals surface area contributed by atoms with E-state index in [2.05, 4.69) is 4.74 Å². The lowest BCUT2D eigenvalue weighted by Crippen LogP contribution is -2.57. The molecule has 1 rings (SSSR count). The molecule has 0 spiro atoms. The summed E-state index contributed by atoms with van der Waals surface area (Å²) in [6, 6.07) is 0. The van der Waals surface area contributed by atoms with E-state index in [-0.39, 0.29) is 0 Å². The maximum atomic E-state index is 9.18. The third-order valence-electron chi connectivity index (χ3n) is 1.73. The highest BCUT2D eigenvalue weighted by Gasteiger charge is 2.52. The Morgan fingerprint density at radius 2 is 2.00 bits per heavy atom. The van der Waals surface area contributed by atoms with Gasteiger partial charge in [-0.15, -0.1) is 0 Å². The van der Waals surface area contributed by atoms with Crippen LogP contribution in [0.1, 0.15) is 0 Å². The molecule has 1 heterocycles. The van der Waals surface area contributed by atoms with Gasteiger partial charge in [-0.05, 0) is 0 Å². The van der Waals surface area contributed by atoms with Gasteiger partial charge in [0.05, 0.1) is 6.61 Å². The van der Waals surface area contributed by atoms with Gasteiger partial charge in [0.25, 0.3) is 0 Å². The molecule has 0 bridgehead atoms. The Balaban J connectivity index is 2.74. The molecule has 0 amide bonds. The molecule has 6 N–H and O–H groups in total. The first kappa shape index (κ1) is 8.85. The summed E-state index contributed by atoms with van der Waals surface area (Å²) in [7, 11) is 0. The zero-order chi connectivity index (χ0) is 8.65. The maximum absolute atomic E-state index is 9.18. The predicted octanol–water partition coefficient (Wildman–Crippen LogP) is -3.30. The zero-order valence-electron chi connectivity index (χ0n) is 5.71. The van der Waals surface area contributed by atoms with Gasteiger partial charge in [-0.25, -0.2) is 0 Å². The molecule has 0 radical (unpaired) electrons. The lowest BCUT2D eigenvalue weighted by Gasteiger charge is -2.23. The first-order valence-electron chi connectivity index (χ1n) is 3.14. The van der Waals surface area contributed by atoms with Crippen molar-refractivity contribution in [3.63, 3.8) is 0 Å². The highest BCUT2D eigenvalue weighted by atomic mass is 16.7. The van der Waals surface area contributed by atoms with Crippen LogP contribution in [0.3, 0.4) is 0 Å². The monoisotopic (exact) mass is 165 g/mol. The van der Waals surface area contributed by atoms with Crippen molar-refractivity contribution in [2.45, 2.75) is 24.2 Å². The summed E-state index contributed by atoms with van der Waals surface area (Å²) in [5.74, 6) is 0. The van der Waals surface area contributed by atoms with E-state index in [1.807, 2.05) is 0 Å². The van der Waals surface area contributed by atoms with Gasteiger partial charge in [0.2, 0.25) is 0 Å². The molecule has 6 heteroatoms. The number of aliphatic hydroxyl groups is 4. The number of ether oxygens (including phenoxy) is 1. The van der Waals surface area contributed by atoms with E-state index in [1.165, 1.54) is 0 Å². The predicted molar refractivity (Wildman–Crippen MR) is 33.1 cm³/mol. The highest BCUT2D eigenvalue weighted by Crippen LogP contribution is 2.24. The number of rotatable bonds is 1. The molecular formula is C5H11NO5. The van der Waals surface area contributed by atoms with E-state index < -0.39 is 30.8 Å². The van der Waals surface area contributed by atoms with Gasteiger partial charge < -0.3 is 25.2 Å². The van der Waals surface area contributed by atoms with Gasteiger partial charge in [0, 0.05) is 0 Å². The van der Waals surface area contributed by atoms with Crippen molar-refractivity contribution in [1.82, 2.24) is 0 Å². The van der Waals surface area contributed by atoms with Crippen molar-refractivity contribution < 1.29 is 25.2 Å². The van der Waals surface area contributed by atoms with Crippen molar-refractivity contribution in [1.29, 1.82) is 0 Å². The molecule has 66 valence electrons. The van der Waals surface area contributed by atoms with Crippen molar-refractivity contribution in [3.8, 4) is 0 Å². The Labute approximate surface area is 62.8 Å². The fourth-order valence-electron chi connectivity index (χ4n) is 0.960. The van der Waals surface area contributed by atoms with Gasteiger partial charge in [0.15, 0.2) is 12.0 Å². The van der Waals surface area contributed by atoms with E-state index in [1.54, 1.807) is 0 Å². The second kappa shape index (κ2) is 2.67. The summed E-state index contributed by atoms with van der Waals surface area (Å²) in [6.45, 7) is -0.554. The molecule has 1 aliphatic heterocycles. The van der Waals surface area contributed by atoms with E-state index in [4.69, 9.17) is 21.1 Å². The average molecular weight is 165 g/mol. The lowest BCUT2D eigenvalue weighted by atomic mass is 10.1. The molecule has 4 atom stereocenters. The summed E-state index contributed by atoms with van der Waals surface area (Å²) in [6.07, 6.45) is -4.27. The first-order chi connectivity index (χ1) is 5.00. The van der Waals surface area contributed by atoms with E-state index in [0.717, 1.165) is 0 Å². The number of nitrogens with two attached hydrogens (primary N) is 1. The van der Waals surface area contributed by atoms with Crippen LogP contribution in [-0.4, -0.2) is 51.3 Å². The first-order valence-corrected chi connectivity index (χ1v) is 3.14. The quantitative estimate of drug-likeness (QED) is 0.260. The molecule has 6 nitrogen and oxygen atoms in total. The Morgan fingerprint density at radius 3 is 2.18 bits per heavy atom. The normalized spacial score (nSPS) is 51.5. The minimum atomic E-state index is -2.08. The fourth-order valence-corrected chi connectivity index (χ4v) is 0.960. The SMILES string of the molecule is N[C@@]1(O)[C@@H](CO)OC(O)[C@@H]1O. The van der Waals surface area contributed by atoms with Crippen LogP contribution in [0.15, 0.2) is 0 Å². The van der Waals surface area contributed by atoms with Crippen LogP contribution in [0, 0.1) is 0 Å². The van der Waals surface area contributed by atoms with Crippen LogP contribution in [-0.2, 0) is 4.74 Å². The molecule has 0 aromatic carbocycles. The Hall–Kier alpha value is -0.240. The molecular weight excluding hydrogens is 154 g/mol. The second-order valence-electron chi connectivity index (χ2n) is 2.53. The van der Waals surface area contributed by atoms with E-state index >= 15 is 0 Å². The third kappa shape index (κ3) is 1.24. The number of aliphatic hydroxyl groups excluding tert-OH is 3. The largest absolute Gasteiger partial charge is 0.393 e. The summed E-state index contributed by atoms with van der Waals surface area (Å²) >= 11 is 0. The van der Waals surface area contributed by atoms with Crippen molar-refractivity contribution in [2.75, 3.05) is 6.61 Å². The van der Waals surface area contributed by atoms with E-state index in [0.29, 0.717) is 0 Å². The summed E-state index contributed by atoms with van der Waals surface area (Å²) < 4.78 is 4.52. The van der Waals surface area contributed by atoms with Gasteiger partial charge in [-0.3, -0.25) is 5.73 Å². The maximum Gasteiger partial charge on any atom is 0.185 e. The standard InChI is InChI=1S/C5H11NO5/c6-5(10)2(1-7)11-4(9)3(5)8/h2-4,7-10H,1,6H2/t2-,3+,4?,5-/m1/s1. The van der Waals surface area contributed by atoms with Crippen molar-refractivity contribution >= 4 is 0 Å². The molecule has 1 unspecified atom stereocenters. The number of hydrogen-bond donors (Lipinski definition) is 5. The summed E-state index contributed by atoms with van der Waals surface area (Å²) in [5.41, 5.74) is 3.05. The smallest absolute Gasteiger partial charge is 0.185 e. The van der Waals surface area contributed by atoms with Crippen LogP contribution in [0.5, 0.6) is 0 Å². The van der Waals surface area contributed by atoms with Crippen LogP contribution >= 0.6 is 0 Å². The van der Waals surface area contributed by atoms with Crippen LogP contribution in [0.2, 0.25) is 0 Å². The fraction of sp³-hybridized carbons (Fsp3) is 1.00. The van der Waals surface area contributed by atoms with E-state index in [9.17, 15) is 5.11 Å². The Bertz CT molecular complexity index is 150. The molecule has 0 aliphatic carbocycles. The highest BCUT2D eigenvalue weighted by molar-refractivity contribution is 4.95. The minimum Gasteiger partial charge on any atom is -0.393 e. The van der Waals surface area contributed by atoms with Crippen molar-refractivity contribution in [3.05, 3.63) is 0 Å². The zero-order valence-corrected chi connectivity index (χ0v) is 5.71. The molecule has 0 aromatic rings. The molecule has 0 saturated carbocycles. The van der Waals surface area contributed by atoms with Gasteiger partial charge in [-0.1, -0.05) is 0 Å². The summed E-state index contributed by atoms with van der Waals surface area (Å²) in [5, 5.41) is 35.5. The van der Waals surface area contributed by atoms with Gasteiger partial charge in [-0.2, -0.15) is 0 Å². The summed E-state index contributed by atoms with van der Waals surface area (Å²) in [4.78, 5) is 0. The van der Waals surface area contributed by atoms with Crippen LogP contribution in [0.4, 0.5) is 0 Å². The number of hydrogen-bond acceptors (Lipinski definition) is 6. The third-order valence-corrected chi connectivity index (χ3v) is 1.73. The van der Waals surface area contributed by atoms with Gasteiger partial charge >= 0.3 is 0 Å².